The molecular formula is C17H22BFO4. The SMILES string of the molecule is CC(=O)c1ccc(F)cc1C=C(CO)B1OC(C)(C)C(C)(C)O1. The Bertz CT molecular complexity index is 636. The van der Waals surface area contributed by atoms with E-state index in [4.69, 9.17) is 9.31 Å². The van der Waals surface area contributed by atoms with Crippen molar-refractivity contribution < 1.29 is 23.6 Å². The van der Waals surface area contributed by atoms with Crippen molar-refractivity contribution in [3.05, 3.63) is 40.6 Å². The van der Waals surface area contributed by atoms with Crippen LogP contribution in [0.5, 0.6) is 0 Å². The summed E-state index contributed by atoms with van der Waals surface area (Å²) in [7, 11) is -0.743. The molecule has 1 aromatic rings. The number of Topliss-reactive ketones (excluding diaryl/α,β-unsaturated/α-hetero) is 1. The van der Waals surface area contributed by atoms with Crippen LogP contribution in [0.3, 0.4) is 0 Å². The highest BCUT2D eigenvalue weighted by Gasteiger charge is 2.52. The summed E-state index contributed by atoms with van der Waals surface area (Å²) in [5, 5.41) is 9.68. The van der Waals surface area contributed by atoms with Gasteiger partial charge in [0.05, 0.1) is 17.8 Å². The molecule has 1 N–H and O–H groups in total. The summed E-state index contributed by atoms with van der Waals surface area (Å²) < 4.78 is 25.3. The van der Waals surface area contributed by atoms with Crippen molar-refractivity contribution in [1.29, 1.82) is 0 Å². The van der Waals surface area contributed by atoms with E-state index in [-0.39, 0.29) is 12.4 Å². The van der Waals surface area contributed by atoms with Crippen LogP contribution in [-0.2, 0) is 9.31 Å². The molecule has 4 nitrogen and oxygen atoms in total. The third-order valence-corrected chi connectivity index (χ3v) is 4.47. The Labute approximate surface area is 136 Å². The first-order valence-electron chi connectivity index (χ1n) is 7.55. The number of carbonyl (C=O) groups excluding carboxylic acids is 1. The number of aliphatic hydroxyl groups excluding tert-OH is 1. The van der Waals surface area contributed by atoms with Crippen LogP contribution < -0.4 is 0 Å². The first-order chi connectivity index (χ1) is 10.6. The minimum atomic E-state index is -0.743. The zero-order valence-electron chi connectivity index (χ0n) is 14.1. The van der Waals surface area contributed by atoms with Crippen molar-refractivity contribution in [3.63, 3.8) is 0 Å². The molecule has 1 aliphatic heterocycles. The van der Waals surface area contributed by atoms with Gasteiger partial charge in [-0.15, -0.1) is 0 Å². The third-order valence-electron chi connectivity index (χ3n) is 4.47. The second-order valence-corrected chi connectivity index (χ2v) is 6.75. The van der Waals surface area contributed by atoms with Crippen LogP contribution in [0.2, 0.25) is 0 Å². The summed E-state index contributed by atoms with van der Waals surface area (Å²) in [4.78, 5) is 11.7. The topological polar surface area (TPSA) is 55.8 Å². The number of halogens is 1. The van der Waals surface area contributed by atoms with Crippen molar-refractivity contribution in [2.24, 2.45) is 0 Å². The van der Waals surface area contributed by atoms with Gasteiger partial charge in [0.2, 0.25) is 0 Å². The molecule has 23 heavy (non-hydrogen) atoms. The molecule has 1 fully saturated rings. The summed E-state index contributed by atoms with van der Waals surface area (Å²) in [6.07, 6.45) is 1.56. The minimum absolute atomic E-state index is 0.178. The first kappa shape index (κ1) is 17.9. The molecule has 1 aliphatic rings. The summed E-state index contributed by atoms with van der Waals surface area (Å²) >= 11 is 0. The molecule has 0 atom stereocenters. The normalized spacial score (nSPS) is 20.0. The second-order valence-electron chi connectivity index (χ2n) is 6.75. The third kappa shape index (κ3) is 3.55. The highest BCUT2D eigenvalue weighted by molar-refractivity contribution is 6.55. The lowest BCUT2D eigenvalue weighted by Gasteiger charge is -2.32. The van der Waals surface area contributed by atoms with E-state index < -0.39 is 24.1 Å². The lowest BCUT2D eigenvalue weighted by molar-refractivity contribution is 0.00578. The molecule has 0 amide bonds. The number of rotatable bonds is 4. The monoisotopic (exact) mass is 320 g/mol. The molecule has 1 heterocycles. The zero-order chi connectivity index (χ0) is 17.4. The number of hydrogen-bond donors (Lipinski definition) is 1. The van der Waals surface area contributed by atoms with Crippen molar-refractivity contribution in [2.75, 3.05) is 6.61 Å². The van der Waals surface area contributed by atoms with Crippen LogP contribution in [0, 0.1) is 5.82 Å². The molecule has 124 valence electrons. The summed E-state index contributed by atoms with van der Waals surface area (Å²) in [5.74, 6) is -0.630. The zero-order valence-corrected chi connectivity index (χ0v) is 14.1. The van der Waals surface area contributed by atoms with Gasteiger partial charge in [-0.1, -0.05) is 6.08 Å². The Morgan fingerprint density at radius 1 is 1.26 bits per heavy atom. The van der Waals surface area contributed by atoms with Crippen molar-refractivity contribution in [3.8, 4) is 0 Å². The Morgan fingerprint density at radius 2 is 1.83 bits per heavy atom. The Morgan fingerprint density at radius 3 is 2.30 bits per heavy atom. The van der Waals surface area contributed by atoms with Gasteiger partial charge in [0, 0.05) is 5.56 Å². The van der Waals surface area contributed by atoms with E-state index in [9.17, 15) is 14.3 Å². The summed E-state index contributed by atoms with van der Waals surface area (Å²) in [5.41, 5.74) is 0.135. The fourth-order valence-electron chi connectivity index (χ4n) is 2.36. The molecule has 0 unspecified atom stereocenters. The number of aliphatic hydroxyl groups is 1. The first-order valence-corrected chi connectivity index (χ1v) is 7.55. The predicted molar refractivity (Wildman–Crippen MR) is 87.5 cm³/mol. The highest BCUT2D eigenvalue weighted by Crippen LogP contribution is 2.38. The molecule has 1 aromatic carbocycles. The van der Waals surface area contributed by atoms with Crippen LogP contribution in [0.1, 0.15) is 50.5 Å². The quantitative estimate of drug-likeness (QED) is 0.684. The average Bonchev–Trinajstić information content (AvgIpc) is 2.64. The van der Waals surface area contributed by atoms with E-state index in [1.807, 2.05) is 27.7 Å². The number of benzene rings is 1. The molecule has 0 spiro atoms. The van der Waals surface area contributed by atoms with Crippen LogP contribution in [0.4, 0.5) is 4.39 Å². The van der Waals surface area contributed by atoms with Gasteiger partial charge >= 0.3 is 7.12 Å². The second kappa shape index (κ2) is 6.19. The van der Waals surface area contributed by atoms with E-state index in [1.54, 1.807) is 6.08 Å². The van der Waals surface area contributed by atoms with E-state index in [1.165, 1.54) is 25.1 Å². The standard InChI is InChI=1S/C17H22BFO4/c1-11(21)15-7-6-14(19)9-12(15)8-13(10-20)18-22-16(2,3)17(4,5)23-18/h6-9,20H,10H2,1-5H3. The largest absolute Gasteiger partial charge is 0.492 e. The van der Waals surface area contributed by atoms with Crippen molar-refractivity contribution >= 4 is 19.0 Å². The van der Waals surface area contributed by atoms with Gasteiger partial charge in [-0.05, 0) is 63.9 Å². The van der Waals surface area contributed by atoms with Crippen LogP contribution in [0.25, 0.3) is 6.08 Å². The lowest BCUT2D eigenvalue weighted by atomic mass is 9.77. The fraction of sp³-hybridized carbons (Fsp3) is 0.471. The predicted octanol–water partition coefficient (Wildman–Crippen LogP) is 3.04. The molecule has 0 saturated carbocycles. The maximum absolute atomic E-state index is 13.5. The van der Waals surface area contributed by atoms with Gasteiger partial charge in [-0.25, -0.2) is 4.39 Å². The maximum Gasteiger partial charge on any atom is 0.492 e. The van der Waals surface area contributed by atoms with Crippen LogP contribution in [0.15, 0.2) is 23.7 Å². The lowest BCUT2D eigenvalue weighted by Crippen LogP contribution is -2.41. The Balaban J connectivity index is 2.41. The molecule has 0 bridgehead atoms. The molecule has 0 radical (unpaired) electrons. The van der Waals surface area contributed by atoms with Gasteiger partial charge in [0.25, 0.3) is 0 Å². The van der Waals surface area contributed by atoms with E-state index in [0.29, 0.717) is 16.6 Å². The van der Waals surface area contributed by atoms with Gasteiger partial charge in [0.1, 0.15) is 5.82 Å². The van der Waals surface area contributed by atoms with Gasteiger partial charge in [-0.3, -0.25) is 4.79 Å². The molecule has 0 aromatic heterocycles. The maximum atomic E-state index is 13.5. The summed E-state index contributed by atoms with van der Waals surface area (Å²) in [6, 6.07) is 3.93. The van der Waals surface area contributed by atoms with E-state index in [2.05, 4.69) is 0 Å². The Kier molecular flexibility index (Phi) is 4.80. The van der Waals surface area contributed by atoms with Crippen molar-refractivity contribution in [2.45, 2.75) is 45.8 Å². The van der Waals surface area contributed by atoms with Gasteiger partial charge in [0.15, 0.2) is 5.78 Å². The van der Waals surface area contributed by atoms with Crippen LogP contribution >= 0.6 is 0 Å². The average molecular weight is 320 g/mol. The number of hydrogen-bond acceptors (Lipinski definition) is 4. The van der Waals surface area contributed by atoms with Gasteiger partial charge in [-0.2, -0.15) is 0 Å². The smallest absolute Gasteiger partial charge is 0.400 e. The molecule has 6 heteroatoms. The molecule has 2 rings (SSSR count). The highest BCUT2D eigenvalue weighted by atomic mass is 19.1. The minimum Gasteiger partial charge on any atom is -0.400 e. The number of ketones is 1. The molecular weight excluding hydrogens is 298 g/mol. The summed E-state index contributed by atoms with van der Waals surface area (Å²) in [6.45, 7) is 8.73. The van der Waals surface area contributed by atoms with Gasteiger partial charge < -0.3 is 14.4 Å². The molecule has 0 aliphatic carbocycles. The number of carbonyl (C=O) groups is 1. The molecule has 1 saturated heterocycles. The van der Waals surface area contributed by atoms with Crippen LogP contribution in [-0.4, -0.2) is 35.8 Å². The fourth-order valence-corrected chi connectivity index (χ4v) is 2.36. The van der Waals surface area contributed by atoms with E-state index >= 15 is 0 Å². The Hall–Kier alpha value is -1.50. The van der Waals surface area contributed by atoms with Crippen molar-refractivity contribution in [1.82, 2.24) is 0 Å². The van der Waals surface area contributed by atoms with E-state index in [0.717, 1.165) is 0 Å².